The molecule has 1 aliphatic heterocycles. The normalized spacial score (nSPS) is 16.6. The average Bonchev–Trinajstić information content (AvgIpc) is 2.57. The number of likely N-dealkylation sites (tertiary alicyclic amines) is 1. The van der Waals surface area contributed by atoms with Crippen molar-refractivity contribution in [2.45, 2.75) is 32.7 Å². The lowest BCUT2D eigenvalue weighted by Gasteiger charge is -2.34. The van der Waals surface area contributed by atoms with Gasteiger partial charge in [0.1, 0.15) is 0 Å². The summed E-state index contributed by atoms with van der Waals surface area (Å²) < 4.78 is 4.77. The molecule has 6 nitrogen and oxygen atoms in total. The molecular formula is C17H23ClN2O4. The molecule has 1 aliphatic rings. The molecule has 0 bridgehead atoms. The Balaban J connectivity index is 2.09. The number of halogens is 1. The topological polar surface area (TPSA) is 78.9 Å². The van der Waals surface area contributed by atoms with Crippen LogP contribution in [-0.2, 0) is 4.74 Å². The van der Waals surface area contributed by atoms with Crippen LogP contribution in [0.15, 0.2) is 12.1 Å². The minimum atomic E-state index is -0.862. The molecule has 1 saturated heterocycles. The molecule has 132 valence electrons. The molecule has 2 rings (SSSR count). The first-order valence-corrected chi connectivity index (χ1v) is 8.34. The fourth-order valence-electron chi connectivity index (χ4n) is 3.06. The predicted molar refractivity (Wildman–Crippen MR) is 92.9 cm³/mol. The van der Waals surface area contributed by atoms with Crippen LogP contribution in [-0.4, -0.2) is 48.3 Å². The summed E-state index contributed by atoms with van der Waals surface area (Å²) >= 11 is 6.36. The van der Waals surface area contributed by atoms with E-state index in [2.05, 4.69) is 12.2 Å². The first-order valence-electron chi connectivity index (χ1n) is 7.96. The molecule has 2 N–H and O–H groups in total. The number of ether oxygens (including phenoxy) is 1. The number of rotatable bonds is 4. The number of anilines is 1. The Morgan fingerprint density at radius 3 is 2.54 bits per heavy atom. The summed E-state index contributed by atoms with van der Waals surface area (Å²) in [6, 6.07) is 3.52. The van der Waals surface area contributed by atoms with Crippen molar-refractivity contribution in [1.29, 1.82) is 0 Å². The molecule has 0 saturated carbocycles. The van der Waals surface area contributed by atoms with Crippen LogP contribution < -0.4 is 5.32 Å². The molecular weight excluding hydrogens is 332 g/mol. The van der Waals surface area contributed by atoms with Crippen molar-refractivity contribution in [3.63, 3.8) is 0 Å². The van der Waals surface area contributed by atoms with Gasteiger partial charge >= 0.3 is 12.1 Å². The quantitative estimate of drug-likeness (QED) is 0.807. The Morgan fingerprint density at radius 1 is 1.38 bits per heavy atom. The number of piperidine rings is 1. The number of carbonyl (C=O) groups excluding carboxylic acids is 1. The number of amides is 1. The van der Waals surface area contributed by atoms with E-state index >= 15 is 0 Å². The second-order valence-corrected chi connectivity index (χ2v) is 6.56. The Bertz CT molecular complexity index is 627. The van der Waals surface area contributed by atoms with E-state index in [4.69, 9.17) is 21.4 Å². The van der Waals surface area contributed by atoms with Gasteiger partial charge in [0.25, 0.3) is 0 Å². The first-order chi connectivity index (χ1) is 11.3. The summed E-state index contributed by atoms with van der Waals surface area (Å²) in [5.74, 6) is -0.0565. The number of methoxy groups -OCH3 is 1. The van der Waals surface area contributed by atoms with Crippen LogP contribution >= 0.6 is 11.6 Å². The van der Waals surface area contributed by atoms with Crippen molar-refractivity contribution in [3.8, 4) is 0 Å². The van der Waals surface area contributed by atoms with Crippen LogP contribution in [0.4, 0.5) is 10.5 Å². The van der Waals surface area contributed by atoms with E-state index in [0.717, 1.165) is 18.4 Å². The van der Waals surface area contributed by atoms with Crippen molar-refractivity contribution in [2.24, 2.45) is 5.92 Å². The first kappa shape index (κ1) is 18.4. The molecule has 0 spiro atoms. The van der Waals surface area contributed by atoms with E-state index < -0.39 is 12.1 Å². The Hall–Kier alpha value is -1.95. The molecule has 0 aliphatic carbocycles. The van der Waals surface area contributed by atoms with Gasteiger partial charge in [0, 0.05) is 19.1 Å². The van der Waals surface area contributed by atoms with Crippen molar-refractivity contribution < 1.29 is 19.4 Å². The minimum Gasteiger partial charge on any atom is -0.465 e. The highest BCUT2D eigenvalue weighted by molar-refractivity contribution is 6.34. The van der Waals surface area contributed by atoms with Gasteiger partial charge in [-0.2, -0.15) is 0 Å². The minimum absolute atomic E-state index is 0.116. The maximum atomic E-state index is 11.8. The third kappa shape index (κ3) is 4.12. The standard InChI is InChI=1S/C17H23ClN2O4/c1-10-8-13(16(21)24-3)9-14(15(10)18)19-11(2)12-4-6-20(7-5-12)17(22)23/h8-9,11-12,19H,4-7H2,1-3H3,(H,22,23). The number of nitrogens with one attached hydrogen (secondary N) is 1. The van der Waals surface area contributed by atoms with Gasteiger partial charge in [-0.1, -0.05) is 11.6 Å². The number of hydrogen-bond acceptors (Lipinski definition) is 4. The second-order valence-electron chi connectivity index (χ2n) is 6.19. The van der Waals surface area contributed by atoms with E-state index in [0.29, 0.717) is 35.3 Å². The Morgan fingerprint density at radius 2 is 2.00 bits per heavy atom. The molecule has 1 aromatic carbocycles. The van der Waals surface area contributed by atoms with Gasteiger partial charge in [-0.25, -0.2) is 9.59 Å². The van der Waals surface area contributed by atoms with Crippen LogP contribution in [0.3, 0.4) is 0 Å². The highest BCUT2D eigenvalue weighted by atomic mass is 35.5. The highest BCUT2D eigenvalue weighted by Gasteiger charge is 2.26. The van der Waals surface area contributed by atoms with E-state index in [1.165, 1.54) is 12.0 Å². The monoisotopic (exact) mass is 354 g/mol. The lowest BCUT2D eigenvalue weighted by atomic mass is 9.90. The summed E-state index contributed by atoms with van der Waals surface area (Å²) in [4.78, 5) is 24.2. The summed E-state index contributed by atoms with van der Waals surface area (Å²) in [5, 5.41) is 13.0. The molecule has 1 unspecified atom stereocenters. The highest BCUT2D eigenvalue weighted by Crippen LogP contribution is 2.31. The van der Waals surface area contributed by atoms with Crippen molar-refractivity contribution in [1.82, 2.24) is 4.90 Å². The summed E-state index contributed by atoms with van der Waals surface area (Å²) in [5.41, 5.74) is 1.95. The van der Waals surface area contributed by atoms with E-state index in [-0.39, 0.29) is 6.04 Å². The molecule has 1 heterocycles. The Labute approximate surface area is 146 Å². The predicted octanol–water partition coefficient (Wildman–Crippen LogP) is 3.63. The van der Waals surface area contributed by atoms with Crippen LogP contribution in [0.2, 0.25) is 5.02 Å². The summed E-state index contributed by atoms with van der Waals surface area (Å²) in [6.07, 6.45) is 0.736. The maximum absolute atomic E-state index is 11.8. The zero-order chi connectivity index (χ0) is 17.9. The van der Waals surface area contributed by atoms with Gasteiger partial charge in [-0.3, -0.25) is 0 Å². The number of nitrogens with zero attached hydrogens (tertiary/aromatic N) is 1. The molecule has 1 aromatic rings. The number of aryl methyl sites for hydroxylation is 1. The lowest BCUT2D eigenvalue weighted by molar-refractivity contribution is 0.0600. The molecule has 1 atom stereocenters. The molecule has 7 heteroatoms. The van der Waals surface area contributed by atoms with Crippen molar-refractivity contribution in [3.05, 3.63) is 28.3 Å². The SMILES string of the molecule is COC(=O)c1cc(C)c(Cl)c(NC(C)C2CCN(C(=O)O)CC2)c1. The lowest BCUT2D eigenvalue weighted by Crippen LogP contribution is -2.41. The van der Waals surface area contributed by atoms with Gasteiger partial charge in [0.15, 0.2) is 0 Å². The number of esters is 1. The number of hydrogen-bond donors (Lipinski definition) is 2. The third-order valence-corrected chi connectivity index (χ3v) is 5.08. The molecule has 24 heavy (non-hydrogen) atoms. The molecule has 1 amide bonds. The van der Waals surface area contributed by atoms with Gasteiger partial charge in [0.05, 0.1) is 23.4 Å². The maximum Gasteiger partial charge on any atom is 0.407 e. The van der Waals surface area contributed by atoms with Crippen LogP contribution in [0.1, 0.15) is 35.7 Å². The van der Waals surface area contributed by atoms with Crippen molar-refractivity contribution >= 4 is 29.4 Å². The van der Waals surface area contributed by atoms with E-state index in [9.17, 15) is 9.59 Å². The number of benzene rings is 1. The molecule has 1 fully saturated rings. The van der Waals surface area contributed by atoms with Crippen LogP contribution in [0.5, 0.6) is 0 Å². The zero-order valence-electron chi connectivity index (χ0n) is 14.1. The van der Waals surface area contributed by atoms with E-state index in [1.54, 1.807) is 12.1 Å². The van der Waals surface area contributed by atoms with Gasteiger partial charge in [-0.05, 0) is 50.3 Å². The number of carboxylic acid groups (broad SMARTS) is 1. The number of carbonyl (C=O) groups is 2. The smallest absolute Gasteiger partial charge is 0.407 e. The Kier molecular flexibility index (Phi) is 5.94. The van der Waals surface area contributed by atoms with Crippen molar-refractivity contribution in [2.75, 3.05) is 25.5 Å². The van der Waals surface area contributed by atoms with Gasteiger partial charge in [0.2, 0.25) is 0 Å². The fourth-order valence-corrected chi connectivity index (χ4v) is 3.23. The molecule has 0 aromatic heterocycles. The largest absolute Gasteiger partial charge is 0.465 e. The zero-order valence-corrected chi connectivity index (χ0v) is 14.9. The molecule has 0 radical (unpaired) electrons. The van der Waals surface area contributed by atoms with E-state index in [1.807, 2.05) is 6.92 Å². The third-order valence-electron chi connectivity index (χ3n) is 4.58. The summed E-state index contributed by atoms with van der Waals surface area (Å²) in [6.45, 7) is 4.98. The van der Waals surface area contributed by atoms with Gasteiger partial charge < -0.3 is 20.1 Å². The average molecular weight is 355 g/mol. The van der Waals surface area contributed by atoms with Crippen LogP contribution in [0, 0.1) is 12.8 Å². The van der Waals surface area contributed by atoms with Crippen LogP contribution in [0.25, 0.3) is 0 Å². The second kappa shape index (κ2) is 7.75. The fraction of sp³-hybridized carbons (Fsp3) is 0.529. The summed E-state index contributed by atoms with van der Waals surface area (Å²) in [7, 11) is 1.35. The van der Waals surface area contributed by atoms with Gasteiger partial charge in [-0.15, -0.1) is 0 Å².